The van der Waals surface area contributed by atoms with E-state index in [4.69, 9.17) is 0 Å². The van der Waals surface area contributed by atoms with Gasteiger partial charge in [0.15, 0.2) is 0 Å². The summed E-state index contributed by atoms with van der Waals surface area (Å²) in [6, 6.07) is 0. The summed E-state index contributed by atoms with van der Waals surface area (Å²) in [6.45, 7) is 0. The van der Waals surface area contributed by atoms with Gasteiger partial charge in [0.25, 0.3) is 5.91 Å². The molecule has 0 N–H and O–H groups in total. The van der Waals surface area contributed by atoms with Gasteiger partial charge in [-0.2, -0.15) is 5.11 Å². The minimum atomic E-state index is -0.269. The van der Waals surface area contributed by atoms with Crippen LogP contribution in [0, 0.1) is 0 Å². The van der Waals surface area contributed by atoms with E-state index in [0.717, 1.165) is 0 Å². The van der Waals surface area contributed by atoms with Crippen LogP contribution in [0.1, 0.15) is 0 Å². The molecule has 0 radical (unpaired) electrons. The van der Waals surface area contributed by atoms with Crippen molar-refractivity contribution in [2.45, 2.75) is 0 Å². The van der Waals surface area contributed by atoms with Crippen molar-refractivity contribution in [1.82, 2.24) is 0 Å². The number of azo groups is 1. The normalized spacial score (nSPS) is 14.6. The first-order chi connectivity index (χ1) is 2.89. The van der Waals surface area contributed by atoms with Crippen molar-refractivity contribution in [3.8, 4) is 0 Å². The minimum absolute atomic E-state index is 0. The third-order valence-electron chi connectivity index (χ3n) is 0.440. The van der Waals surface area contributed by atoms with Crippen LogP contribution in [0.25, 0.3) is 0 Å². The summed E-state index contributed by atoms with van der Waals surface area (Å²) in [6.07, 6.45) is 2.67. The summed E-state index contributed by atoms with van der Waals surface area (Å²) in [4.78, 5) is 9.90. The molecule has 1 aliphatic rings. The van der Waals surface area contributed by atoms with E-state index in [-0.39, 0.29) is 23.3 Å². The van der Waals surface area contributed by atoms with Gasteiger partial charge in [0.05, 0.1) is 6.20 Å². The quantitative estimate of drug-likeness (QED) is 0.475. The molecule has 0 saturated heterocycles. The van der Waals surface area contributed by atoms with Crippen molar-refractivity contribution in [3.05, 3.63) is 12.3 Å². The maximum atomic E-state index is 9.90. The Balaban J connectivity index is 0.000000360. The van der Waals surface area contributed by atoms with Crippen LogP contribution in [0.2, 0.25) is 0 Å². The fraction of sp³-hybridized carbons (Fsp3) is 0. The molecule has 0 aliphatic carbocycles. The molecule has 1 rings (SSSR count). The number of carbonyl (C=O) groups excluding carboxylic acids is 1. The molecular weight excluding hydrogens is 132 g/mol. The first-order valence-electron chi connectivity index (χ1n) is 1.51. The average molecular weight is 134 g/mol. The molecule has 0 saturated carbocycles. The second-order valence-corrected chi connectivity index (χ2v) is 0.869. The van der Waals surface area contributed by atoms with E-state index in [1.165, 1.54) is 12.3 Å². The van der Waals surface area contributed by atoms with Crippen molar-refractivity contribution < 1.29 is 22.2 Å². The van der Waals surface area contributed by atoms with Gasteiger partial charge in [-0.25, -0.2) is 0 Å². The Labute approximate surface area is 51.3 Å². The van der Waals surface area contributed by atoms with E-state index in [2.05, 4.69) is 10.2 Å². The molecule has 3 nitrogen and oxygen atoms in total. The third kappa shape index (κ3) is 1.62. The SMILES string of the molecule is O=C1C=CN=N1.[Cr]. The topological polar surface area (TPSA) is 41.8 Å². The summed E-state index contributed by atoms with van der Waals surface area (Å²) in [7, 11) is 0. The number of hydrogen-bond donors (Lipinski definition) is 0. The van der Waals surface area contributed by atoms with Crippen LogP contribution in [-0.2, 0) is 22.2 Å². The molecule has 4 heteroatoms. The Morgan fingerprint density at radius 1 is 1.57 bits per heavy atom. The molecule has 0 aromatic rings. The molecule has 0 aromatic heterocycles. The predicted molar refractivity (Wildman–Crippen MR) is 19.0 cm³/mol. The van der Waals surface area contributed by atoms with Gasteiger partial charge in [-0.1, -0.05) is 0 Å². The average Bonchev–Trinajstić information content (AvgIpc) is 1.86. The molecule has 1 aliphatic heterocycles. The third-order valence-corrected chi connectivity index (χ3v) is 0.440. The van der Waals surface area contributed by atoms with Crippen LogP contribution in [0.4, 0.5) is 0 Å². The van der Waals surface area contributed by atoms with Crippen LogP contribution in [0.3, 0.4) is 0 Å². The Morgan fingerprint density at radius 3 is 2.43 bits per heavy atom. The van der Waals surface area contributed by atoms with Gasteiger partial charge in [0, 0.05) is 23.4 Å². The van der Waals surface area contributed by atoms with Gasteiger partial charge in [0.2, 0.25) is 0 Å². The van der Waals surface area contributed by atoms with Crippen LogP contribution in [0.5, 0.6) is 0 Å². The molecule has 1 amide bonds. The number of amides is 1. The second kappa shape index (κ2) is 2.67. The second-order valence-electron chi connectivity index (χ2n) is 0.869. The first-order valence-corrected chi connectivity index (χ1v) is 1.51. The van der Waals surface area contributed by atoms with E-state index < -0.39 is 0 Å². The molecule has 1 heterocycles. The Kier molecular flexibility index (Phi) is 2.50. The van der Waals surface area contributed by atoms with E-state index in [0.29, 0.717) is 0 Å². The van der Waals surface area contributed by atoms with E-state index >= 15 is 0 Å². The zero-order valence-electron chi connectivity index (χ0n) is 3.37. The molecule has 0 unspecified atom stereocenters. The van der Waals surface area contributed by atoms with Gasteiger partial charge in [-0.15, -0.1) is 5.11 Å². The molecule has 7 heavy (non-hydrogen) atoms. The molecule has 0 atom stereocenters. The number of rotatable bonds is 0. The van der Waals surface area contributed by atoms with Crippen molar-refractivity contribution in [1.29, 1.82) is 0 Å². The molecule has 36 valence electrons. The monoisotopic (exact) mass is 134 g/mol. The zero-order chi connectivity index (χ0) is 4.41. The number of nitrogens with zero attached hydrogens (tertiary/aromatic N) is 2. The molecule has 0 bridgehead atoms. The Hall–Kier alpha value is -0.458. The number of carbonyl (C=O) groups is 1. The standard InChI is InChI=1S/C3H2N2O.Cr/c6-3-1-2-4-5-3;/h1-2H;. The van der Waals surface area contributed by atoms with Gasteiger partial charge >= 0.3 is 0 Å². The molecule has 0 spiro atoms. The van der Waals surface area contributed by atoms with Crippen LogP contribution >= 0.6 is 0 Å². The number of hydrogen-bond acceptors (Lipinski definition) is 2. The van der Waals surface area contributed by atoms with Gasteiger partial charge in [0.1, 0.15) is 0 Å². The van der Waals surface area contributed by atoms with Crippen molar-refractivity contribution in [3.63, 3.8) is 0 Å². The Bertz CT molecular complexity index is 115. The van der Waals surface area contributed by atoms with E-state index in [1.807, 2.05) is 0 Å². The first kappa shape index (κ1) is 6.54. The minimum Gasteiger partial charge on any atom is -0.266 e. The van der Waals surface area contributed by atoms with E-state index in [1.54, 1.807) is 0 Å². The van der Waals surface area contributed by atoms with Crippen LogP contribution in [0.15, 0.2) is 22.5 Å². The van der Waals surface area contributed by atoms with Gasteiger partial charge in [-0.3, -0.25) is 4.79 Å². The van der Waals surface area contributed by atoms with Crippen LogP contribution in [-0.4, -0.2) is 5.91 Å². The maximum absolute atomic E-state index is 9.90. The summed E-state index contributed by atoms with van der Waals surface area (Å²) >= 11 is 0. The van der Waals surface area contributed by atoms with Crippen molar-refractivity contribution in [2.75, 3.05) is 0 Å². The summed E-state index contributed by atoms with van der Waals surface area (Å²) in [5.74, 6) is -0.269. The Morgan fingerprint density at radius 2 is 2.29 bits per heavy atom. The summed E-state index contributed by atoms with van der Waals surface area (Å²) in [5.41, 5.74) is 0. The van der Waals surface area contributed by atoms with Gasteiger partial charge in [-0.05, 0) is 0 Å². The van der Waals surface area contributed by atoms with Crippen molar-refractivity contribution >= 4 is 5.91 Å². The summed E-state index contributed by atoms with van der Waals surface area (Å²) < 4.78 is 0. The fourth-order valence-electron chi connectivity index (χ4n) is 0.221. The largest absolute Gasteiger partial charge is 0.289 e. The molecule has 0 fully saturated rings. The fourth-order valence-corrected chi connectivity index (χ4v) is 0.221. The van der Waals surface area contributed by atoms with Crippen molar-refractivity contribution in [2.24, 2.45) is 10.2 Å². The zero-order valence-corrected chi connectivity index (χ0v) is 4.64. The maximum Gasteiger partial charge on any atom is 0.289 e. The molecule has 0 aromatic carbocycles. The van der Waals surface area contributed by atoms with E-state index in [9.17, 15) is 4.79 Å². The predicted octanol–water partition coefficient (Wildman–Crippen LogP) is 0.490. The van der Waals surface area contributed by atoms with Crippen LogP contribution < -0.4 is 0 Å². The van der Waals surface area contributed by atoms with Gasteiger partial charge < -0.3 is 0 Å². The summed E-state index contributed by atoms with van der Waals surface area (Å²) in [5, 5.41) is 6.37. The smallest absolute Gasteiger partial charge is 0.266 e. The molecular formula is C3H2CrN2O.